The lowest BCUT2D eigenvalue weighted by Gasteiger charge is -2.01. The lowest BCUT2D eigenvalue weighted by Crippen LogP contribution is -2.11. The number of nitrogens with zero attached hydrogens (tertiary/aromatic N) is 4. The zero-order valence-electron chi connectivity index (χ0n) is 13.7. The van der Waals surface area contributed by atoms with Crippen molar-refractivity contribution in [2.45, 2.75) is 24.8 Å². The van der Waals surface area contributed by atoms with Crippen LogP contribution in [-0.2, 0) is 5.75 Å². The molecule has 4 rings (SSSR count). The topological polar surface area (TPSA) is 97.6 Å². The summed E-state index contributed by atoms with van der Waals surface area (Å²) in [5, 5.41) is 10.4. The van der Waals surface area contributed by atoms with Crippen LogP contribution in [0.1, 0.15) is 16.5 Å². The van der Waals surface area contributed by atoms with Crippen LogP contribution < -0.4 is 5.56 Å². The van der Waals surface area contributed by atoms with Gasteiger partial charge in [0.25, 0.3) is 16.7 Å². The Bertz CT molecular complexity index is 1170. The number of fused-ring (bicyclic) bond motifs is 1. The second kappa shape index (κ2) is 6.82. The maximum atomic E-state index is 12.2. The molecule has 3 aromatic heterocycles. The van der Waals surface area contributed by atoms with Crippen LogP contribution in [0.4, 0.5) is 0 Å². The summed E-state index contributed by atoms with van der Waals surface area (Å²) in [4.78, 5) is 24.6. The third-order valence-electron chi connectivity index (χ3n) is 3.55. The summed E-state index contributed by atoms with van der Waals surface area (Å²) in [7, 11) is 0. The number of rotatable bonds is 4. The number of aromatic nitrogens is 5. The minimum Gasteiger partial charge on any atom is -0.410 e. The molecule has 0 fully saturated rings. The summed E-state index contributed by atoms with van der Waals surface area (Å²) in [6.07, 6.45) is 0. The SMILES string of the molecule is Cc1nc(C)c(-c2nnc(SCc3nc4ccc(Cl)cc4c(=O)[nH]3)o2)s1. The van der Waals surface area contributed by atoms with Crippen LogP contribution in [0, 0.1) is 13.8 Å². The highest BCUT2D eigenvalue weighted by molar-refractivity contribution is 7.98. The molecule has 3 heterocycles. The van der Waals surface area contributed by atoms with E-state index in [1.165, 1.54) is 23.1 Å². The van der Waals surface area contributed by atoms with E-state index >= 15 is 0 Å². The molecule has 0 aliphatic carbocycles. The normalized spacial score (nSPS) is 11.3. The Morgan fingerprint density at radius 2 is 2.12 bits per heavy atom. The molecule has 0 radical (unpaired) electrons. The zero-order valence-corrected chi connectivity index (χ0v) is 16.1. The standard InChI is InChI=1S/C16H12ClN5O2S2/c1-7-13(26-8(2)18-7)15-21-22-16(24-15)25-6-12-19-11-4-3-9(17)5-10(11)14(23)20-12/h3-5H,6H2,1-2H3,(H,19,20,23). The Morgan fingerprint density at radius 3 is 2.88 bits per heavy atom. The molecular formula is C16H12ClN5O2S2. The number of thioether (sulfide) groups is 1. The highest BCUT2D eigenvalue weighted by Gasteiger charge is 2.15. The van der Waals surface area contributed by atoms with Crippen molar-refractivity contribution in [1.82, 2.24) is 25.1 Å². The van der Waals surface area contributed by atoms with Gasteiger partial charge in [-0.25, -0.2) is 9.97 Å². The Balaban J connectivity index is 1.54. The van der Waals surface area contributed by atoms with Gasteiger partial charge in [0.1, 0.15) is 10.7 Å². The minimum absolute atomic E-state index is 0.227. The van der Waals surface area contributed by atoms with Crippen molar-refractivity contribution in [2.24, 2.45) is 0 Å². The van der Waals surface area contributed by atoms with Crippen molar-refractivity contribution < 1.29 is 4.42 Å². The van der Waals surface area contributed by atoms with Gasteiger partial charge in [-0.05, 0) is 32.0 Å². The molecule has 1 aromatic carbocycles. The number of benzene rings is 1. The van der Waals surface area contributed by atoms with E-state index in [4.69, 9.17) is 16.0 Å². The molecule has 7 nitrogen and oxygen atoms in total. The minimum atomic E-state index is -0.227. The summed E-state index contributed by atoms with van der Waals surface area (Å²) in [6, 6.07) is 5.03. The average Bonchev–Trinajstić information content (AvgIpc) is 3.19. The van der Waals surface area contributed by atoms with Crippen LogP contribution in [0.15, 0.2) is 32.6 Å². The third kappa shape index (κ3) is 3.37. The van der Waals surface area contributed by atoms with Gasteiger partial charge in [-0.3, -0.25) is 4.79 Å². The number of halogens is 1. The van der Waals surface area contributed by atoms with Crippen LogP contribution in [0.5, 0.6) is 0 Å². The van der Waals surface area contributed by atoms with Crippen LogP contribution in [0.2, 0.25) is 5.02 Å². The summed E-state index contributed by atoms with van der Waals surface area (Å²) in [6.45, 7) is 3.84. The van der Waals surface area contributed by atoms with E-state index in [1.54, 1.807) is 18.2 Å². The fourth-order valence-corrected chi connectivity index (χ4v) is 4.09. The first-order valence-electron chi connectivity index (χ1n) is 7.59. The largest absolute Gasteiger partial charge is 0.410 e. The Kier molecular flexibility index (Phi) is 4.51. The van der Waals surface area contributed by atoms with Crippen LogP contribution >= 0.6 is 34.7 Å². The number of hydrogen-bond acceptors (Lipinski definition) is 8. The lowest BCUT2D eigenvalue weighted by molar-refractivity contribution is 0.466. The maximum absolute atomic E-state index is 12.2. The van der Waals surface area contributed by atoms with Gasteiger partial charge in [-0.2, -0.15) is 0 Å². The summed E-state index contributed by atoms with van der Waals surface area (Å²) < 4.78 is 5.69. The van der Waals surface area contributed by atoms with E-state index in [0.29, 0.717) is 38.6 Å². The first kappa shape index (κ1) is 17.2. The number of aryl methyl sites for hydroxylation is 2. The molecule has 0 atom stereocenters. The first-order chi connectivity index (χ1) is 12.5. The number of hydrogen-bond donors (Lipinski definition) is 1. The number of nitrogens with one attached hydrogen (secondary N) is 1. The van der Waals surface area contributed by atoms with E-state index in [1.807, 2.05) is 13.8 Å². The van der Waals surface area contributed by atoms with Crippen LogP contribution in [-0.4, -0.2) is 25.1 Å². The quantitative estimate of drug-likeness (QED) is 0.512. The molecule has 4 aromatic rings. The maximum Gasteiger partial charge on any atom is 0.277 e. The van der Waals surface area contributed by atoms with Crippen molar-refractivity contribution in [3.63, 3.8) is 0 Å². The number of thiazole rings is 1. The van der Waals surface area contributed by atoms with Gasteiger partial charge in [0.05, 0.1) is 27.4 Å². The lowest BCUT2D eigenvalue weighted by atomic mass is 10.2. The van der Waals surface area contributed by atoms with E-state index in [0.717, 1.165) is 15.6 Å². The van der Waals surface area contributed by atoms with E-state index in [2.05, 4.69) is 25.1 Å². The number of aromatic amines is 1. The molecular weight excluding hydrogens is 394 g/mol. The molecule has 0 bridgehead atoms. The van der Waals surface area contributed by atoms with Crippen molar-refractivity contribution in [3.8, 4) is 10.8 Å². The molecule has 132 valence electrons. The second-order valence-electron chi connectivity index (χ2n) is 5.48. The van der Waals surface area contributed by atoms with Crippen molar-refractivity contribution in [2.75, 3.05) is 0 Å². The van der Waals surface area contributed by atoms with E-state index < -0.39 is 0 Å². The molecule has 1 N–H and O–H groups in total. The van der Waals surface area contributed by atoms with Gasteiger partial charge in [0.15, 0.2) is 0 Å². The smallest absolute Gasteiger partial charge is 0.277 e. The predicted molar refractivity (Wildman–Crippen MR) is 102 cm³/mol. The van der Waals surface area contributed by atoms with Crippen molar-refractivity contribution in [3.05, 3.63) is 50.1 Å². The summed E-state index contributed by atoms with van der Waals surface area (Å²) in [5.41, 5.74) is 1.23. The molecule has 0 saturated carbocycles. The summed E-state index contributed by atoms with van der Waals surface area (Å²) in [5.74, 6) is 1.38. The fourth-order valence-electron chi connectivity index (χ4n) is 2.45. The van der Waals surface area contributed by atoms with Crippen LogP contribution in [0.3, 0.4) is 0 Å². The van der Waals surface area contributed by atoms with Crippen molar-refractivity contribution >= 4 is 45.6 Å². The predicted octanol–water partition coefficient (Wildman–Crippen LogP) is 3.99. The molecule has 0 saturated heterocycles. The Morgan fingerprint density at radius 1 is 1.27 bits per heavy atom. The summed E-state index contributed by atoms with van der Waals surface area (Å²) >= 11 is 8.74. The van der Waals surface area contributed by atoms with E-state index in [-0.39, 0.29) is 5.56 Å². The third-order valence-corrected chi connectivity index (χ3v) is 5.68. The van der Waals surface area contributed by atoms with Crippen LogP contribution in [0.25, 0.3) is 21.7 Å². The molecule has 0 unspecified atom stereocenters. The molecule has 0 aliphatic heterocycles. The molecule has 26 heavy (non-hydrogen) atoms. The van der Waals surface area contributed by atoms with Gasteiger partial charge in [-0.15, -0.1) is 21.5 Å². The fraction of sp³-hybridized carbons (Fsp3) is 0.188. The highest BCUT2D eigenvalue weighted by Crippen LogP contribution is 2.31. The average molecular weight is 406 g/mol. The Hall–Kier alpha value is -2.23. The molecule has 0 spiro atoms. The monoisotopic (exact) mass is 405 g/mol. The van der Waals surface area contributed by atoms with Gasteiger partial charge in [0, 0.05) is 5.02 Å². The first-order valence-corrected chi connectivity index (χ1v) is 9.77. The molecule has 10 heteroatoms. The van der Waals surface area contributed by atoms with Gasteiger partial charge < -0.3 is 9.40 Å². The molecule has 0 amide bonds. The highest BCUT2D eigenvalue weighted by atomic mass is 35.5. The molecule has 0 aliphatic rings. The second-order valence-corrected chi connectivity index (χ2v) is 8.05. The van der Waals surface area contributed by atoms with Crippen molar-refractivity contribution in [1.29, 1.82) is 0 Å². The van der Waals surface area contributed by atoms with Gasteiger partial charge in [0.2, 0.25) is 0 Å². The van der Waals surface area contributed by atoms with Gasteiger partial charge >= 0.3 is 0 Å². The number of H-pyrrole nitrogens is 1. The van der Waals surface area contributed by atoms with E-state index in [9.17, 15) is 4.79 Å². The zero-order chi connectivity index (χ0) is 18.3. The Labute approximate surface area is 160 Å². The van der Waals surface area contributed by atoms with Gasteiger partial charge in [-0.1, -0.05) is 23.4 Å².